The van der Waals surface area contributed by atoms with Crippen LogP contribution in [0, 0.1) is 47.3 Å². The smallest absolute Gasteiger partial charge is 0.409 e. The van der Waals surface area contributed by atoms with Gasteiger partial charge in [-0.05, 0) is 143 Å². The molecule has 29 nitrogen and oxygen atoms in total. The summed E-state index contributed by atoms with van der Waals surface area (Å²) < 4.78 is 41.8. The van der Waals surface area contributed by atoms with Crippen molar-refractivity contribution in [2.24, 2.45) is 53.1 Å². The Labute approximate surface area is 640 Å². The van der Waals surface area contributed by atoms with Gasteiger partial charge in [-0.3, -0.25) is 53.4 Å². The zero-order chi connectivity index (χ0) is 80.2. The molecule has 9 amide bonds. The molecule has 0 unspecified atom stereocenters. The first kappa shape index (κ1) is 89.6. The van der Waals surface area contributed by atoms with E-state index in [1.54, 1.807) is 86.1 Å². The number of amides is 9. The van der Waals surface area contributed by atoms with Gasteiger partial charge in [-0.1, -0.05) is 104 Å². The Morgan fingerprint density at radius 2 is 1.50 bits per heavy atom. The number of hydrogen-bond donors (Lipinski definition) is 8. The van der Waals surface area contributed by atoms with Crippen LogP contribution in [0.1, 0.15) is 171 Å². The van der Waals surface area contributed by atoms with Crippen LogP contribution in [-0.4, -0.2) is 205 Å². The number of hydrogen-bond acceptors (Lipinski definition) is 21. The molecule has 1 saturated carbocycles. The number of anilines is 1. The predicted molar refractivity (Wildman–Crippen MR) is 402 cm³/mol. The van der Waals surface area contributed by atoms with Gasteiger partial charge in [-0.2, -0.15) is 0 Å². The Morgan fingerprint density at radius 1 is 0.789 bits per heavy atom. The molecule has 4 heterocycles. The van der Waals surface area contributed by atoms with Gasteiger partial charge in [-0.15, -0.1) is 0 Å². The number of imide groups is 1. The van der Waals surface area contributed by atoms with E-state index in [1.165, 1.54) is 4.90 Å². The third-order valence-electron chi connectivity index (χ3n) is 21.4. The number of piperidine rings is 1. The van der Waals surface area contributed by atoms with Gasteiger partial charge in [0.25, 0.3) is 23.5 Å². The lowest BCUT2D eigenvalue weighted by atomic mass is 9.78. The van der Waals surface area contributed by atoms with Gasteiger partial charge in [-0.25, -0.2) is 14.4 Å². The van der Waals surface area contributed by atoms with Crippen LogP contribution in [0.2, 0.25) is 0 Å². The molecule has 0 spiro atoms. The van der Waals surface area contributed by atoms with Crippen molar-refractivity contribution in [3.63, 3.8) is 0 Å². The van der Waals surface area contributed by atoms with Crippen molar-refractivity contribution in [2.45, 2.75) is 233 Å². The average molecular weight is 1530 g/mol. The number of Topliss-reactive ketones (excluding diaryl/α,β-unsaturated/α-hetero) is 3. The molecule has 4 aliphatic heterocycles. The number of methoxy groups -OCH3 is 2. The van der Waals surface area contributed by atoms with Crippen LogP contribution in [0.15, 0.2) is 84.0 Å². The van der Waals surface area contributed by atoms with Crippen LogP contribution in [0.25, 0.3) is 0 Å². The average Bonchev–Trinajstić information content (AvgIpc) is 1.25. The maximum Gasteiger partial charge on any atom is 0.409 e. The Morgan fingerprint density at radius 3 is 2.18 bits per heavy atom. The van der Waals surface area contributed by atoms with Crippen LogP contribution >= 0.6 is 0 Å². The molecule has 9 N–H and O–H groups in total. The number of cyclic esters (lactones) is 1. The molecule has 6 rings (SSSR count). The van der Waals surface area contributed by atoms with E-state index in [2.05, 4.69) is 26.6 Å². The van der Waals surface area contributed by atoms with E-state index in [0.717, 1.165) is 22.6 Å². The molecule has 0 aromatic heterocycles. The number of fused-ring (bicyclic) bond motifs is 3. The highest BCUT2D eigenvalue weighted by atomic mass is 16.6. The van der Waals surface area contributed by atoms with Gasteiger partial charge in [0.15, 0.2) is 0 Å². The van der Waals surface area contributed by atoms with Crippen LogP contribution < -0.4 is 32.3 Å². The van der Waals surface area contributed by atoms with E-state index in [-0.39, 0.29) is 126 Å². The number of allylic oxidation sites excluding steroid dienone is 6. The van der Waals surface area contributed by atoms with E-state index in [4.69, 9.17) is 38.9 Å². The summed E-state index contributed by atoms with van der Waals surface area (Å²) in [6, 6.07) is 2.18. The second kappa shape index (κ2) is 43.9. The first-order chi connectivity index (χ1) is 51.7. The highest BCUT2D eigenvalue weighted by Crippen LogP contribution is 2.39. The molecule has 604 valence electrons. The standard InChI is InChI=1S/C80H118N8O21/c1-47(2)70(86-67(90)33-36-88-68(91)31-32-69(88)92)75(97)85-60(21-18-34-82-78(81)100)74(96)84-58-27-24-56(25-28-58)45-107-79(101)83-46-105-37-38-106-63-30-26-57(42-66(63)104-12)41-51(6)65-44-62(89)50(5)40-53(8)72(94)55(10)71(93)52(7)39-48(3)19-14-13-15-20-49(4)64(103-11)43-59-29-23-54(9)80(102,109-59)73(95)76(98)87-35-17-16-22-61(87)77(99)108-65/h13-15,19-20,24-25,27-28,31-32,40,47-48,50-52,54-55,57,59-61,63-66,70,72,94,102H,16-18,21-23,26,29-30,33-39,41-46H2,1-12H3,(H,83,101)(H,84,96)(H,85,97)(H,86,90)(H3,81,82,100)/b15-13?,19-14+,49-20?,53-40+/t48-,50-,51+,52-,54-,55+,57-,59+,60+,61+,63-,64+,65+,66-,70+,72-,80-/m1/s1. The molecule has 17 atom stereocenters. The van der Waals surface area contributed by atoms with Crippen molar-refractivity contribution in [3.05, 3.63) is 89.6 Å². The lowest BCUT2D eigenvalue weighted by molar-refractivity contribution is -0.265. The number of nitrogens with one attached hydrogen (secondary N) is 5. The van der Waals surface area contributed by atoms with Crippen molar-refractivity contribution in [2.75, 3.05) is 59.1 Å². The number of alkyl carbamates (subject to hydrolysis) is 1. The van der Waals surface area contributed by atoms with Crippen molar-refractivity contribution in [1.29, 1.82) is 0 Å². The fourth-order valence-corrected chi connectivity index (χ4v) is 14.6. The number of ketones is 3. The number of benzene rings is 1. The van der Waals surface area contributed by atoms with Gasteiger partial charge in [0.2, 0.25) is 23.5 Å². The number of aliphatic hydroxyl groups is 2. The molecule has 2 bridgehead atoms. The highest BCUT2D eigenvalue weighted by Gasteiger charge is 2.53. The number of carbonyl (C=O) groups excluding carboxylic acids is 12. The van der Waals surface area contributed by atoms with Crippen molar-refractivity contribution in [3.8, 4) is 0 Å². The van der Waals surface area contributed by atoms with E-state index in [0.29, 0.717) is 74.6 Å². The predicted octanol–water partition coefficient (Wildman–Crippen LogP) is 7.05. The molecular formula is C80H118N8O21. The minimum Gasteiger partial charge on any atom is -0.460 e. The van der Waals surface area contributed by atoms with Crippen molar-refractivity contribution >= 4 is 76.6 Å². The van der Waals surface area contributed by atoms with Gasteiger partial charge in [0.1, 0.15) is 49.1 Å². The van der Waals surface area contributed by atoms with E-state index >= 15 is 0 Å². The zero-order valence-corrected chi connectivity index (χ0v) is 65.4. The molecular weight excluding hydrogens is 1410 g/mol. The normalized spacial score (nSPS) is 29.0. The zero-order valence-electron chi connectivity index (χ0n) is 65.4. The topological polar surface area (TPSA) is 403 Å². The number of urea groups is 1. The van der Waals surface area contributed by atoms with E-state index < -0.39 is 137 Å². The third kappa shape index (κ3) is 27.3. The SMILES string of the molecule is CO[C@H]1C[C@@H]2CC[C@@H](C)[C@@](O)(O2)C(=O)C(=O)N2CCCC[C@H]2C(=O)O[C@H]([C@@H](C)C[C@H]2CC[C@@H](OCCOCNC(=O)OCc3ccc(NC(=O)[C@H](CCCNC(N)=O)NC(=O)[C@@H](NC(=O)CCN4C(=O)C=CC4=O)C(C)C)cc3)[C@H](OC)C2)CC(=O)[C@H](C)/C=C(\C)[C@@H](O)[C@@H](C)C(=O)[C@H](C)C[C@H](C)/C=C/C=CC=C1C. The number of ether oxygens (including phenoxy) is 7. The number of aliphatic hydroxyl groups excluding tert-OH is 1. The number of esters is 1. The maximum atomic E-state index is 14.7. The molecule has 1 aromatic carbocycles. The third-order valence-corrected chi connectivity index (χ3v) is 21.4. The largest absolute Gasteiger partial charge is 0.460 e. The van der Waals surface area contributed by atoms with E-state index in [9.17, 15) is 67.7 Å². The van der Waals surface area contributed by atoms with Crippen LogP contribution in [0.3, 0.4) is 0 Å². The van der Waals surface area contributed by atoms with Crippen LogP contribution in [-0.2, 0) is 87.7 Å². The molecule has 0 radical (unpaired) electrons. The van der Waals surface area contributed by atoms with Crippen LogP contribution in [0.5, 0.6) is 0 Å². The summed E-state index contributed by atoms with van der Waals surface area (Å²) in [6.45, 7) is 17.7. The number of rotatable bonds is 26. The number of carbonyl (C=O) groups is 12. The minimum atomic E-state index is -2.49. The Hall–Kier alpha value is -8.32. The Kier molecular flexibility index (Phi) is 36.1. The van der Waals surface area contributed by atoms with Crippen LogP contribution in [0.4, 0.5) is 15.3 Å². The Balaban J connectivity index is 1.02. The van der Waals surface area contributed by atoms with Gasteiger partial charge in [0, 0.05) is 94.6 Å². The van der Waals surface area contributed by atoms with Gasteiger partial charge in [0.05, 0.1) is 43.7 Å². The molecule has 5 aliphatic rings. The summed E-state index contributed by atoms with van der Waals surface area (Å²) in [5.74, 6) is -12.3. The summed E-state index contributed by atoms with van der Waals surface area (Å²) in [5.41, 5.74) is 7.43. The summed E-state index contributed by atoms with van der Waals surface area (Å²) in [5, 5.41) is 36.8. The molecule has 3 fully saturated rings. The molecule has 1 aromatic rings. The number of primary amides is 1. The lowest BCUT2D eigenvalue weighted by Crippen LogP contribution is -2.61. The first-order valence-electron chi connectivity index (χ1n) is 38.4. The second-order valence-corrected chi connectivity index (χ2v) is 30.3. The second-order valence-electron chi connectivity index (χ2n) is 30.3. The maximum absolute atomic E-state index is 14.7. The fraction of sp³-hybridized carbons (Fsp3) is 0.650. The number of nitrogens with zero attached hydrogens (tertiary/aromatic N) is 2. The van der Waals surface area contributed by atoms with Gasteiger partial charge >= 0.3 is 18.1 Å². The highest BCUT2D eigenvalue weighted by molar-refractivity contribution is 6.39. The summed E-state index contributed by atoms with van der Waals surface area (Å²) in [6.07, 6.45) is 13.8. The quantitative estimate of drug-likeness (QED) is 0.0115. The molecule has 109 heavy (non-hydrogen) atoms. The molecule has 1 aliphatic carbocycles. The fourth-order valence-electron chi connectivity index (χ4n) is 14.6. The monoisotopic (exact) mass is 1530 g/mol. The number of nitrogens with two attached hydrogens (primary N) is 1. The summed E-state index contributed by atoms with van der Waals surface area (Å²) in [4.78, 5) is 162. The summed E-state index contributed by atoms with van der Waals surface area (Å²) >= 11 is 0. The van der Waals surface area contributed by atoms with E-state index in [1.807, 2.05) is 58.1 Å². The lowest BCUT2D eigenvalue weighted by Gasteiger charge is -2.42. The van der Waals surface area contributed by atoms with Crippen molar-refractivity contribution < 1.29 is 101 Å². The Bertz CT molecular complexity index is 3450. The van der Waals surface area contributed by atoms with Gasteiger partial charge < -0.3 is 75.3 Å². The van der Waals surface area contributed by atoms with Crippen molar-refractivity contribution in [1.82, 2.24) is 31.1 Å². The molecule has 2 saturated heterocycles. The first-order valence-corrected chi connectivity index (χ1v) is 38.4. The minimum absolute atomic E-state index is 0.0242. The summed E-state index contributed by atoms with van der Waals surface area (Å²) in [7, 11) is 3.16. The molecule has 29 heteroatoms.